The molecule has 3 rings (SSSR count). The summed E-state index contributed by atoms with van der Waals surface area (Å²) in [5, 5.41) is 9.50. The van der Waals surface area contributed by atoms with Crippen molar-refractivity contribution in [2.75, 3.05) is 13.1 Å². The lowest BCUT2D eigenvalue weighted by Gasteiger charge is -2.16. The average molecular weight is 256 g/mol. The van der Waals surface area contributed by atoms with Crippen molar-refractivity contribution in [3.8, 4) is 5.69 Å². The van der Waals surface area contributed by atoms with E-state index in [1.54, 1.807) is 4.90 Å². The number of β-amino-alcohol motifs (C(OH)–C–C–N with tert-alkyl or cyclic N) is 1. The van der Waals surface area contributed by atoms with E-state index in [0.717, 1.165) is 5.69 Å². The van der Waals surface area contributed by atoms with Gasteiger partial charge in [-0.25, -0.2) is 0 Å². The van der Waals surface area contributed by atoms with Crippen molar-refractivity contribution >= 4 is 5.91 Å². The maximum Gasteiger partial charge on any atom is 0.254 e. The topological polar surface area (TPSA) is 45.5 Å². The first-order chi connectivity index (χ1) is 9.24. The van der Waals surface area contributed by atoms with Crippen LogP contribution in [0.15, 0.2) is 48.8 Å². The molecule has 4 heteroatoms. The zero-order valence-corrected chi connectivity index (χ0v) is 10.6. The van der Waals surface area contributed by atoms with E-state index in [1.807, 2.05) is 53.4 Å². The molecule has 1 atom stereocenters. The van der Waals surface area contributed by atoms with Gasteiger partial charge in [0.25, 0.3) is 5.91 Å². The number of nitrogens with zero attached hydrogens (tertiary/aromatic N) is 2. The van der Waals surface area contributed by atoms with Crippen LogP contribution in [0, 0.1) is 0 Å². The summed E-state index contributed by atoms with van der Waals surface area (Å²) in [6.45, 7) is 1.07. The highest BCUT2D eigenvalue weighted by Gasteiger charge is 2.25. The molecular weight excluding hydrogens is 240 g/mol. The zero-order valence-electron chi connectivity index (χ0n) is 10.6. The zero-order chi connectivity index (χ0) is 13.2. The molecule has 1 N–H and O–H groups in total. The number of likely N-dealkylation sites (tertiary alicyclic amines) is 1. The molecular formula is C15H16N2O2. The highest BCUT2D eigenvalue weighted by molar-refractivity contribution is 5.95. The van der Waals surface area contributed by atoms with Crippen LogP contribution in [0.5, 0.6) is 0 Å². The van der Waals surface area contributed by atoms with Crippen LogP contribution in [-0.2, 0) is 0 Å². The van der Waals surface area contributed by atoms with E-state index < -0.39 is 0 Å². The summed E-state index contributed by atoms with van der Waals surface area (Å²) in [4.78, 5) is 14.0. The number of hydrogen-bond donors (Lipinski definition) is 1. The van der Waals surface area contributed by atoms with Crippen LogP contribution in [-0.4, -0.2) is 39.7 Å². The summed E-state index contributed by atoms with van der Waals surface area (Å²) in [6.07, 6.45) is 4.19. The van der Waals surface area contributed by atoms with E-state index in [4.69, 9.17) is 0 Å². The normalized spacial score (nSPS) is 18.8. The van der Waals surface area contributed by atoms with Gasteiger partial charge in [-0.05, 0) is 36.8 Å². The Kier molecular flexibility index (Phi) is 3.09. The van der Waals surface area contributed by atoms with Gasteiger partial charge < -0.3 is 14.6 Å². The fraction of sp³-hybridized carbons (Fsp3) is 0.267. The van der Waals surface area contributed by atoms with Crippen molar-refractivity contribution in [3.05, 3.63) is 54.4 Å². The third kappa shape index (κ3) is 2.39. The predicted octanol–water partition coefficient (Wildman–Crippen LogP) is 1.68. The highest BCUT2D eigenvalue weighted by Crippen LogP contribution is 2.16. The van der Waals surface area contributed by atoms with E-state index in [0.29, 0.717) is 25.1 Å². The van der Waals surface area contributed by atoms with Gasteiger partial charge in [0, 0.05) is 36.7 Å². The Morgan fingerprint density at radius 1 is 1.21 bits per heavy atom. The number of hydrogen-bond acceptors (Lipinski definition) is 2. The number of aromatic nitrogens is 1. The molecule has 1 fully saturated rings. The van der Waals surface area contributed by atoms with Gasteiger partial charge in [0.2, 0.25) is 0 Å². The Hall–Kier alpha value is -2.07. The van der Waals surface area contributed by atoms with Crippen molar-refractivity contribution in [3.63, 3.8) is 0 Å². The van der Waals surface area contributed by atoms with Crippen LogP contribution in [0.3, 0.4) is 0 Å². The molecule has 2 heterocycles. The lowest BCUT2D eigenvalue weighted by molar-refractivity contribution is 0.0765. The van der Waals surface area contributed by atoms with Gasteiger partial charge in [0.15, 0.2) is 0 Å². The van der Waals surface area contributed by atoms with Crippen LogP contribution in [0.2, 0.25) is 0 Å². The minimum atomic E-state index is -0.378. The maximum absolute atomic E-state index is 12.3. The van der Waals surface area contributed by atoms with Crippen LogP contribution in [0.4, 0.5) is 0 Å². The lowest BCUT2D eigenvalue weighted by Crippen LogP contribution is -2.29. The average Bonchev–Trinajstić information content (AvgIpc) is 3.09. The van der Waals surface area contributed by atoms with Gasteiger partial charge in [0.05, 0.1) is 6.10 Å². The second kappa shape index (κ2) is 4.90. The summed E-state index contributed by atoms with van der Waals surface area (Å²) in [6, 6.07) is 11.5. The summed E-state index contributed by atoms with van der Waals surface area (Å²) in [7, 11) is 0. The molecule has 0 unspecified atom stereocenters. The third-order valence-corrected chi connectivity index (χ3v) is 3.45. The van der Waals surface area contributed by atoms with Crippen LogP contribution < -0.4 is 0 Å². The molecule has 1 saturated heterocycles. The van der Waals surface area contributed by atoms with E-state index in [-0.39, 0.29) is 12.0 Å². The molecule has 1 aromatic heterocycles. The molecule has 1 aliphatic heterocycles. The molecule has 0 radical (unpaired) electrons. The molecule has 0 saturated carbocycles. The first-order valence-corrected chi connectivity index (χ1v) is 6.45. The van der Waals surface area contributed by atoms with Crippen molar-refractivity contribution < 1.29 is 9.90 Å². The molecule has 1 amide bonds. The summed E-state index contributed by atoms with van der Waals surface area (Å²) < 4.78 is 1.97. The summed E-state index contributed by atoms with van der Waals surface area (Å²) in [5.74, 6) is -0.00874. The van der Waals surface area contributed by atoms with Crippen molar-refractivity contribution in [2.24, 2.45) is 0 Å². The third-order valence-electron chi connectivity index (χ3n) is 3.45. The quantitative estimate of drug-likeness (QED) is 0.888. The Balaban J connectivity index is 1.85. The maximum atomic E-state index is 12.3. The molecule has 0 spiro atoms. The minimum absolute atomic E-state index is 0.00874. The van der Waals surface area contributed by atoms with Crippen molar-refractivity contribution in [1.82, 2.24) is 9.47 Å². The molecule has 4 nitrogen and oxygen atoms in total. The molecule has 0 bridgehead atoms. The molecule has 2 aromatic rings. The van der Waals surface area contributed by atoms with Crippen molar-refractivity contribution in [2.45, 2.75) is 12.5 Å². The Morgan fingerprint density at radius 3 is 2.68 bits per heavy atom. The van der Waals surface area contributed by atoms with Crippen LogP contribution in [0.25, 0.3) is 5.69 Å². The van der Waals surface area contributed by atoms with E-state index in [2.05, 4.69) is 0 Å². The number of carbonyl (C=O) groups excluding carboxylic acids is 1. The van der Waals surface area contributed by atoms with Gasteiger partial charge >= 0.3 is 0 Å². The number of aliphatic hydroxyl groups excluding tert-OH is 1. The SMILES string of the molecule is O=C(c1cccc(-n2cccc2)c1)N1CC[C@@H](O)C1. The minimum Gasteiger partial charge on any atom is -0.391 e. The Morgan fingerprint density at radius 2 is 2.00 bits per heavy atom. The standard InChI is InChI=1S/C15H16N2O2/c18-14-6-9-17(11-14)15(19)12-4-3-5-13(10-12)16-7-1-2-8-16/h1-5,7-8,10,14,18H,6,9,11H2/t14-/m1/s1. The number of rotatable bonds is 2. The van der Waals surface area contributed by atoms with Gasteiger partial charge in [-0.1, -0.05) is 6.07 Å². The summed E-state index contributed by atoms with van der Waals surface area (Å²) >= 11 is 0. The fourth-order valence-electron chi connectivity index (χ4n) is 2.42. The number of carbonyl (C=O) groups is 1. The fourth-order valence-corrected chi connectivity index (χ4v) is 2.42. The molecule has 19 heavy (non-hydrogen) atoms. The van der Waals surface area contributed by atoms with Crippen LogP contribution >= 0.6 is 0 Å². The van der Waals surface area contributed by atoms with E-state index in [1.165, 1.54) is 0 Å². The second-order valence-electron chi connectivity index (χ2n) is 4.83. The number of benzene rings is 1. The molecule has 98 valence electrons. The molecule has 1 aliphatic rings. The van der Waals surface area contributed by atoms with Crippen LogP contribution in [0.1, 0.15) is 16.8 Å². The van der Waals surface area contributed by atoms with Crippen molar-refractivity contribution in [1.29, 1.82) is 0 Å². The predicted molar refractivity (Wildman–Crippen MR) is 72.3 cm³/mol. The lowest BCUT2D eigenvalue weighted by atomic mass is 10.1. The monoisotopic (exact) mass is 256 g/mol. The summed E-state index contributed by atoms with van der Waals surface area (Å²) in [5.41, 5.74) is 1.64. The van der Waals surface area contributed by atoms with E-state index >= 15 is 0 Å². The molecule has 1 aromatic carbocycles. The highest BCUT2D eigenvalue weighted by atomic mass is 16.3. The molecule has 0 aliphatic carbocycles. The van der Waals surface area contributed by atoms with E-state index in [9.17, 15) is 9.90 Å². The Bertz CT molecular complexity index is 578. The second-order valence-corrected chi connectivity index (χ2v) is 4.83. The number of aliphatic hydroxyl groups is 1. The van der Waals surface area contributed by atoms with Gasteiger partial charge in [-0.15, -0.1) is 0 Å². The van der Waals surface area contributed by atoms with Gasteiger partial charge in [-0.3, -0.25) is 4.79 Å². The number of amides is 1. The largest absolute Gasteiger partial charge is 0.391 e. The first kappa shape index (κ1) is 12.0. The smallest absolute Gasteiger partial charge is 0.254 e. The Labute approximate surface area is 111 Å². The van der Waals surface area contributed by atoms with Gasteiger partial charge in [-0.2, -0.15) is 0 Å². The first-order valence-electron chi connectivity index (χ1n) is 6.45. The van der Waals surface area contributed by atoms with Gasteiger partial charge in [0.1, 0.15) is 0 Å².